The molecule has 0 saturated carbocycles. The molecule has 3 rings (SSSR count). The maximum absolute atomic E-state index is 12.0. The van der Waals surface area contributed by atoms with Crippen molar-refractivity contribution in [3.8, 4) is 11.5 Å². The predicted octanol–water partition coefficient (Wildman–Crippen LogP) is 3.77. The van der Waals surface area contributed by atoms with Crippen LogP contribution in [-0.2, 0) is 6.61 Å². The number of amides is 2. The van der Waals surface area contributed by atoms with E-state index >= 15 is 0 Å². The Morgan fingerprint density at radius 1 is 1.04 bits per heavy atom. The largest absolute Gasteiger partial charge is 0.497 e. The van der Waals surface area contributed by atoms with Crippen LogP contribution in [0.15, 0.2) is 54.6 Å². The molecule has 2 aromatic carbocycles. The van der Waals surface area contributed by atoms with E-state index in [-0.39, 0.29) is 0 Å². The molecule has 0 radical (unpaired) electrons. The molecular weight excluding hydrogens is 340 g/mol. The summed E-state index contributed by atoms with van der Waals surface area (Å²) in [6.07, 6.45) is 0. The van der Waals surface area contributed by atoms with E-state index < -0.39 is 6.03 Å². The second-order valence-corrected chi connectivity index (χ2v) is 5.98. The number of urea groups is 1. The zero-order valence-electron chi connectivity index (χ0n) is 13.4. The van der Waals surface area contributed by atoms with Crippen LogP contribution in [0.3, 0.4) is 0 Å². The highest BCUT2D eigenvalue weighted by molar-refractivity contribution is 7.15. The molecule has 25 heavy (non-hydrogen) atoms. The Morgan fingerprint density at radius 2 is 1.84 bits per heavy atom. The number of hydrogen-bond acceptors (Lipinski definition) is 6. The highest BCUT2D eigenvalue weighted by Gasteiger charge is 2.09. The van der Waals surface area contributed by atoms with Gasteiger partial charge in [0.1, 0.15) is 18.1 Å². The Hall–Kier alpha value is -3.13. The summed E-state index contributed by atoms with van der Waals surface area (Å²) in [4.78, 5) is 12.0. The van der Waals surface area contributed by atoms with E-state index in [4.69, 9.17) is 9.47 Å². The summed E-state index contributed by atoms with van der Waals surface area (Å²) in [6.45, 7) is 0.293. The van der Waals surface area contributed by atoms with Gasteiger partial charge in [-0.3, -0.25) is 5.32 Å². The Labute approximate surface area is 148 Å². The monoisotopic (exact) mass is 356 g/mol. The van der Waals surface area contributed by atoms with Crippen LogP contribution < -0.4 is 20.1 Å². The zero-order chi connectivity index (χ0) is 17.5. The number of carbonyl (C=O) groups is 1. The van der Waals surface area contributed by atoms with Gasteiger partial charge in [0.05, 0.1) is 7.11 Å². The topological polar surface area (TPSA) is 85.4 Å². The van der Waals surface area contributed by atoms with Gasteiger partial charge in [-0.25, -0.2) is 4.79 Å². The Balaban J connectivity index is 1.52. The number of nitrogens with one attached hydrogen (secondary N) is 2. The standard InChI is InChI=1S/C17H16N4O3S/c1-23-14-9-5-6-12(10-14)18-16(22)19-17-21-20-15(25-17)11-24-13-7-3-2-4-8-13/h2-10H,11H2,1H3,(H2,18,19,21,22). The lowest BCUT2D eigenvalue weighted by atomic mass is 10.3. The first-order chi connectivity index (χ1) is 12.2. The molecule has 1 heterocycles. The number of anilines is 2. The Bertz CT molecular complexity index is 839. The lowest BCUT2D eigenvalue weighted by Crippen LogP contribution is -2.19. The van der Waals surface area contributed by atoms with Gasteiger partial charge in [0.2, 0.25) is 5.13 Å². The molecule has 7 nitrogen and oxygen atoms in total. The van der Waals surface area contributed by atoms with E-state index in [9.17, 15) is 4.79 Å². The highest BCUT2D eigenvalue weighted by Crippen LogP contribution is 2.19. The summed E-state index contributed by atoms with van der Waals surface area (Å²) in [5.74, 6) is 1.41. The van der Waals surface area contributed by atoms with E-state index in [0.717, 1.165) is 5.75 Å². The summed E-state index contributed by atoms with van der Waals surface area (Å²) in [6, 6.07) is 16.1. The molecule has 0 aliphatic heterocycles. The van der Waals surface area contributed by atoms with Gasteiger partial charge in [-0.15, -0.1) is 10.2 Å². The van der Waals surface area contributed by atoms with Crippen molar-refractivity contribution in [1.29, 1.82) is 0 Å². The first-order valence-corrected chi connectivity index (χ1v) is 8.27. The van der Waals surface area contributed by atoms with Crippen LogP contribution in [0.25, 0.3) is 0 Å². The molecule has 0 aliphatic rings. The minimum absolute atomic E-state index is 0.293. The lowest BCUT2D eigenvalue weighted by molar-refractivity contribution is 0.262. The average molecular weight is 356 g/mol. The predicted molar refractivity (Wildman–Crippen MR) is 96.3 cm³/mol. The Morgan fingerprint density at radius 3 is 2.64 bits per heavy atom. The normalized spacial score (nSPS) is 10.1. The van der Waals surface area contributed by atoms with E-state index in [0.29, 0.717) is 28.2 Å². The number of hydrogen-bond donors (Lipinski definition) is 2. The molecule has 2 N–H and O–H groups in total. The molecule has 0 fully saturated rings. The van der Waals surface area contributed by atoms with Gasteiger partial charge in [-0.1, -0.05) is 35.6 Å². The fourth-order valence-corrected chi connectivity index (χ4v) is 2.63. The molecule has 0 bridgehead atoms. The van der Waals surface area contributed by atoms with Gasteiger partial charge >= 0.3 is 6.03 Å². The van der Waals surface area contributed by atoms with Gasteiger partial charge in [-0.05, 0) is 24.3 Å². The van der Waals surface area contributed by atoms with Crippen LogP contribution >= 0.6 is 11.3 Å². The fraction of sp³-hybridized carbons (Fsp3) is 0.118. The van der Waals surface area contributed by atoms with Crippen LogP contribution in [-0.4, -0.2) is 23.3 Å². The number of methoxy groups -OCH3 is 1. The minimum atomic E-state index is -0.403. The molecule has 8 heteroatoms. The summed E-state index contributed by atoms with van der Waals surface area (Å²) >= 11 is 1.25. The van der Waals surface area contributed by atoms with Crippen molar-refractivity contribution in [3.05, 3.63) is 59.6 Å². The summed E-state index contributed by atoms with van der Waals surface area (Å²) < 4.78 is 10.7. The molecule has 0 atom stereocenters. The van der Waals surface area contributed by atoms with Crippen molar-refractivity contribution < 1.29 is 14.3 Å². The second kappa shape index (κ2) is 8.11. The molecule has 0 saturated heterocycles. The van der Waals surface area contributed by atoms with Crippen molar-refractivity contribution in [2.24, 2.45) is 0 Å². The first kappa shape index (κ1) is 16.7. The maximum atomic E-state index is 12.0. The summed E-state index contributed by atoms with van der Waals surface area (Å²) in [5, 5.41) is 14.4. The van der Waals surface area contributed by atoms with Crippen molar-refractivity contribution in [1.82, 2.24) is 10.2 Å². The number of para-hydroxylation sites is 1. The van der Waals surface area contributed by atoms with Gasteiger partial charge in [0.15, 0.2) is 5.01 Å². The number of ether oxygens (including phenoxy) is 2. The molecule has 2 amide bonds. The third-order valence-electron chi connectivity index (χ3n) is 3.12. The molecule has 1 aromatic heterocycles. The third kappa shape index (κ3) is 4.92. The summed E-state index contributed by atoms with van der Waals surface area (Å²) in [7, 11) is 1.57. The molecule has 0 spiro atoms. The van der Waals surface area contributed by atoms with E-state index in [1.54, 1.807) is 31.4 Å². The van der Waals surface area contributed by atoms with Crippen LogP contribution in [0.5, 0.6) is 11.5 Å². The van der Waals surface area contributed by atoms with E-state index in [1.807, 2.05) is 30.3 Å². The van der Waals surface area contributed by atoms with Crippen LogP contribution in [0.1, 0.15) is 5.01 Å². The first-order valence-electron chi connectivity index (χ1n) is 7.45. The smallest absolute Gasteiger partial charge is 0.325 e. The average Bonchev–Trinajstić information content (AvgIpc) is 3.08. The number of aromatic nitrogens is 2. The van der Waals surface area contributed by atoms with Gasteiger partial charge in [-0.2, -0.15) is 0 Å². The highest BCUT2D eigenvalue weighted by atomic mass is 32.1. The van der Waals surface area contributed by atoms with Crippen molar-refractivity contribution in [2.75, 3.05) is 17.7 Å². The van der Waals surface area contributed by atoms with Gasteiger partial charge < -0.3 is 14.8 Å². The number of carbonyl (C=O) groups excluding carboxylic acids is 1. The molecular formula is C17H16N4O3S. The SMILES string of the molecule is COc1cccc(NC(=O)Nc2nnc(COc3ccccc3)s2)c1. The van der Waals surface area contributed by atoms with E-state index in [2.05, 4.69) is 20.8 Å². The van der Waals surface area contributed by atoms with Gasteiger partial charge in [0, 0.05) is 11.8 Å². The van der Waals surface area contributed by atoms with Crippen molar-refractivity contribution in [2.45, 2.75) is 6.61 Å². The number of nitrogens with zero attached hydrogens (tertiary/aromatic N) is 2. The summed E-state index contributed by atoms with van der Waals surface area (Å²) in [5.41, 5.74) is 0.619. The van der Waals surface area contributed by atoms with Crippen LogP contribution in [0.2, 0.25) is 0 Å². The lowest BCUT2D eigenvalue weighted by Gasteiger charge is -2.06. The minimum Gasteiger partial charge on any atom is -0.497 e. The van der Waals surface area contributed by atoms with Crippen LogP contribution in [0, 0.1) is 0 Å². The van der Waals surface area contributed by atoms with Gasteiger partial charge in [0.25, 0.3) is 0 Å². The number of rotatable bonds is 6. The Kier molecular flexibility index (Phi) is 5.43. The van der Waals surface area contributed by atoms with Crippen molar-refractivity contribution >= 4 is 28.2 Å². The maximum Gasteiger partial charge on any atom is 0.325 e. The molecule has 0 aliphatic carbocycles. The second-order valence-electron chi connectivity index (χ2n) is 4.91. The molecule has 128 valence electrons. The van der Waals surface area contributed by atoms with Crippen LogP contribution in [0.4, 0.5) is 15.6 Å². The van der Waals surface area contributed by atoms with Crippen molar-refractivity contribution in [3.63, 3.8) is 0 Å². The van der Waals surface area contributed by atoms with E-state index in [1.165, 1.54) is 11.3 Å². The third-order valence-corrected chi connectivity index (χ3v) is 3.93. The zero-order valence-corrected chi connectivity index (χ0v) is 14.2. The quantitative estimate of drug-likeness (QED) is 0.702. The molecule has 3 aromatic rings. The fourth-order valence-electron chi connectivity index (χ4n) is 1.98. The number of benzene rings is 2. The molecule has 0 unspecified atom stereocenters.